The molecular formula is C13H19F3N2O3. The van der Waals surface area contributed by atoms with E-state index in [4.69, 9.17) is 5.11 Å². The molecule has 0 aromatic carbocycles. The number of likely N-dealkylation sites (tertiary alicyclic amines) is 2. The molecule has 2 rings (SSSR count). The van der Waals surface area contributed by atoms with Gasteiger partial charge >= 0.3 is 18.2 Å². The molecule has 0 aliphatic carbocycles. The number of rotatable bonds is 1. The van der Waals surface area contributed by atoms with Crippen LogP contribution in [0.4, 0.5) is 18.0 Å². The summed E-state index contributed by atoms with van der Waals surface area (Å²) >= 11 is 0. The van der Waals surface area contributed by atoms with Crippen LogP contribution in [-0.2, 0) is 4.79 Å². The van der Waals surface area contributed by atoms with Crippen molar-refractivity contribution in [1.82, 2.24) is 9.80 Å². The summed E-state index contributed by atoms with van der Waals surface area (Å²) in [5.74, 6) is -1.91. The summed E-state index contributed by atoms with van der Waals surface area (Å²) in [6.45, 7) is 1.41. The van der Waals surface area contributed by atoms with Crippen molar-refractivity contribution in [1.29, 1.82) is 0 Å². The minimum atomic E-state index is -4.86. The minimum Gasteiger partial charge on any atom is -0.481 e. The molecule has 0 aromatic rings. The van der Waals surface area contributed by atoms with E-state index in [2.05, 4.69) is 0 Å². The smallest absolute Gasteiger partial charge is 0.406 e. The van der Waals surface area contributed by atoms with Gasteiger partial charge in [-0.2, -0.15) is 13.2 Å². The molecule has 2 aliphatic rings. The van der Waals surface area contributed by atoms with Gasteiger partial charge in [-0.3, -0.25) is 4.79 Å². The molecule has 2 heterocycles. The highest BCUT2D eigenvalue weighted by Gasteiger charge is 2.64. The fourth-order valence-corrected chi connectivity index (χ4v) is 3.06. The van der Waals surface area contributed by atoms with E-state index in [1.165, 1.54) is 0 Å². The molecule has 1 N–H and O–H groups in total. The highest BCUT2D eigenvalue weighted by atomic mass is 19.4. The average Bonchev–Trinajstić information content (AvgIpc) is 2.84. The predicted octanol–water partition coefficient (Wildman–Crippen LogP) is 2.32. The van der Waals surface area contributed by atoms with Gasteiger partial charge in [0.15, 0.2) is 5.41 Å². The first-order valence-electron chi connectivity index (χ1n) is 7.05. The van der Waals surface area contributed by atoms with Crippen molar-refractivity contribution in [2.24, 2.45) is 5.41 Å². The van der Waals surface area contributed by atoms with Gasteiger partial charge in [-0.1, -0.05) is 0 Å². The summed E-state index contributed by atoms with van der Waals surface area (Å²) in [6, 6.07) is -0.494. The van der Waals surface area contributed by atoms with E-state index in [1.807, 2.05) is 6.92 Å². The topological polar surface area (TPSA) is 60.9 Å². The van der Waals surface area contributed by atoms with E-state index in [1.54, 1.807) is 4.90 Å². The zero-order chi connectivity index (χ0) is 15.8. The van der Waals surface area contributed by atoms with Crippen molar-refractivity contribution in [2.45, 2.75) is 44.8 Å². The Morgan fingerprint density at radius 2 is 1.90 bits per heavy atom. The van der Waals surface area contributed by atoms with E-state index in [0.717, 1.165) is 24.2 Å². The van der Waals surface area contributed by atoms with Crippen molar-refractivity contribution < 1.29 is 27.9 Å². The third-order valence-corrected chi connectivity index (χ3v) is 4.54. The van der Waals surface area contributed by atoms with Crippen LogP contribution in [0.2, 0.25) is 0 Å². The Balaban J connectivity index is 2.14. The van der Waals surface area contributed by atoms with Crippen molar-refractivity contribution in [2.75, 3.05) is 19.6 Å². The van der Waals surface area contributed by atoms with Gasteiger partial charge in [-0.25, -0.2) is 4.79 Å². The highest BCUT2D eigenvalue weighted by Crippen LogP contribution is 2.46. The normalized spacial score (nSPS) is 30.6. The monoisotopic (exact) mass is 308 g/mol. The third kappa shape index (κ3) is 2.67. The maximum absolute atomic E-state index is 13.1. The van der Waals surface area contributed by atoms with Crippen LogP contribution in [0.3, 0.4) is 0 Å². The number of halogens is 3. The van der Waals surface area contributed by atoms with Gasteiger partial charge in [0.05, 0.1) is 0 Å². The molecule has 8 heteroatoms. The molecule has 0 saturated carbocycles. The molecule has 2 atom stereocenters. The first-order chi connectivity index (χ1) is 9.69. The van der Waals surface area contributed by atoms with E-state index in [0.29, 0.717) is 6.54 Å². The van der Waals surface area contributed by atoms with E-state index < -0.39 is 36.6 Å². The molecule has 2 aliphatic heterocycles. The van der Waals surface area contributed by atoms with Crippen LogP contribution in [0, 0.1) is 5.41 Å². The average molecular weight is 308 g/mol. The summed E-state index contributed by atoms with van der Waals surface area (Å²) in [4.78, 5) is 26.0. The SMILES string of the molecule is CC1CCCCN1C(=O)N1CCC(C(=O)O)(C(F)(F)F)C1. The molecule has 2 saturated heterocycles. The number of carbonyl (C=O) groups excluding carboxylic acids is 1. The van der Waals surface area contributed by atoms with Gasteiger partial charge in [0.1, 0.15) is 0 Å². The van der Waals surface area contributed by atoms with E-state index in [-0.39, 0.29) is 12.6 Å². The predicted molar refractivity (Wildman–Crippen MR) is 67.7 cm³/mol. The van der Waals surface area contributed by atoms with Crippen LogP contribution in [0.15, 0.2) is 0 Å². The molecule has 0 aromatic heterocycles. The minimum absolute atomic E-state index is 0.0167. The summed E-state index contributed by atoms with van der Waals surface area (Å²) < 4.78 is 39.3. The fourth-order valence-electron chi connectivity index (χ4n) is 3.06. The Hall–Kier alpha value is -1.47. The number of carbonyl (C=O) groups is 2. The fraction of sp³-hybridized carbons (Fsp3) is 0.846. The number of carboxylic acid groups (broad SMARTS) is 1. The zero-order valence-corrected chi connectivity index (χ0v) is 11.8. The van der Waals surface area contributed by atoms with Crippen LogP contribution in [0.5, 0.6) is 0 Å². The van der Waals surface area contributed by atoms with Crippen LogP contribution >= 0.6 is 0 Å². The van der Waals surface area contributed by atoms with E-state index in [9.17, 15) is 22.8 Å². The van der Waals surface area contributed by atoms with Crippen molar-refractivity contribution in [3.63, 3.8) is 0 Å². The molecular weight excluding hydrogens is 289 g/mol. The molecule has 2 fully saturated rings. The second-order valence-electron chi connectivity index (χ2n) is 5.88. The number of carboxylic acids is 1. The second kappa shape index (κ2) is 5.38. The number of amides is 2. The summed E-state index contributed by atoms with van der Waals surface area (Å²) in [7, 11) is 0. The molecule has 2 unspecified atom stereocenters. The molecule has 120 valence electrons. The zero-order valence-electron chi connectivity index (χ0n) is 11.8. The van der Waals surface area contributed by atoms with Gasteiger partial charge in [0, 0.05) is 25.7 Å². The molecule has 0 radical (unpaired) electrons. The summed E-state index contributed by atoms with van der Waals surface area (Å²) in [5.41, 5.74) is -2.83. The summed E-state index contributed by atoms with van der Waals surface area (Å²) in [6.07, 6.45) is -2.80. The lowest BCUT2D eigenvalue weighted by Crippen LogP contribution is -2.52. The molecule has 0 spiro atoms. The lowest BCUT2D eigenvalue weighted by molar-refractivity contribution is -0.227. The van der Waals surface area contributed by atoms with Gasteiger partial charge in [-0.15, -0.1) is 0 Å². The van der Waals surface area contributed by atoms with Crippen LogP contribution in [-0.4, -0.2) is 58.8 Å². The van der Waals surface area contributed by atoms with Crippen LogP contribution in [0.1, 0.15) is 32.6 Å². The van der Waals surface area contributed by atoms with Gasteiger partial charge in [0.25, 0.3) is 0 Å². The first-order valence-corrected chi connectivity index (χ1v) is 7.05. The molecule has 5 nitrogen and oxygen atoms in total. The standard InChI is InChI=1S/C13H19F3N2O3/c1-9-4-2-3-6-18(9)11(21)17-7-5-12(8-17,10(19)20)13(14,15)16/h9H,2-8H2,1H3,(H,19,20). The maximum atomic E-state index is 13.1. The maximum Gasteiger partial charge on any atom is 0.406 e. The Labute approximate surface area is 120 Å². The Kier molecular flexibility index (Phi) is 4.08. The number of nitrogens with zero attached hydrogens (tertiary/aromatic N) is 2. The lowest BCUT2D eigenvalue weighted by Gasteiger charge is -2.36. The number of hydrogen-bond acceptors (Lipinski definition) is 2. The molecule has 2 amide bonds. The number of urea groups is 1. The van der Waals surface area contributed by atoms with Crippen molar-refractivity contribution in [3.05, 3.63) is 0 Å². The first kappa shape index (κ1) is 15.9. The number of hydrogen-bond donors (Lipinski definition) is 1. The molecule has 21 heavy (non-hydrogen) atoms. The Morgan fingerprint density at radius 1 is 1.24 bits per heavy atom. The number of aliphatic carboxylic acids is 1. The lowest BCUT2D eigenvalue weighted by atomic mass is 9.86. The Bertz CT molecular complexity index is 441. The highest BCUT2D eigenvalue weighted by molar-refractivity contribution is 5.80. The largest absolute Gasteiger partial charge is 0.481 e. The second-order valence-corrected chi connectivity index (χ2v) is 5.88. The van der Waals surface area contributed by atoms with Gasteiger partial charge in [0.2, 0.25) is 0 Å². The van der Waals surface area contributed by atoms with Crippen molar-refractivity contribution >= 4 is 12.0 Å². The number of alkyl halides is 3. The quantitative estimate of drug-likeness (QED) is 0.808. The third-order valence-electron chi connectivity index (χ3n) is 4.54. The summed E-state index contributed by atoms with van der Waals surface area (Å²) in [5, 5.41) is 8.99. The number of piperidine rings is 1. The van der Waals surface area contributed by atoms with Gasteiger partial charge in [-0.05, 0) is 32.6 Å². The van der Waals surface area contributed by atoms with Gasteiger partial charge < -0.3 is 14.9 Å². The Morgan fingerprint density at radius 3 is 2.38 bits per heavy atom. The van der Waals surface area contributed by atoms with Crippen molar-refractivity contribution in [3.8, 4) is 0 Å². The van der Waals surface area contributed by atoms with E-state index >= 15 is 0 Å². The van der Waals surface area contributed by atoms with Crippen LogP contribution in [0.25, 0.3) is 0 Å². The van der Waals surface area contributed by atoms with Crippen LogP contribution < -0.4 is 0 Å². The molecule has 0 bridgehead atoms.